The van der Waals surface area contributed by atoms with Gasteiger partial charge in [-0.25, -0.2) is 8.42 Å². The Bertz CT molecular complexity index is 553. The molecule has 1 aromatic carbocycles. The van der Waals surface area contributed by atoms with Crippen LogP contribution in [0.5, 0.6) is 0 Å². The zero-order valence-corrected chi connectivity index (χ0v) is 13.4. The molecule has 0 spiro atoms. The minimum Gasteiger partial charge on any atom is -0.382 e. The highest BCUT2D eigenvalue weighted by Gasteiger charge is 2.25. The van der Waals surface area contributed by atoms with Crippen molar-refractivity contribution in [3.05, 3.63) is 29.8 Å². The van der Waals surface area contributed by atoms with E-state index in [0.29, 0.717) is 12.0 Å². The van der Waals surface area contributed by atoms with Crippen molar-refractivity contribution in [2.45, 2.75) is 44.9 Å². The molecule has 20 heavy (non-hydrogen) atoms. The molecule has 0 aliphatic heterocycles. The zero-order valence-electron chi connectivity index (χ0n) is 12.6. The first-order chi connectivity index (χ1) is 9.33. The standard InChI is InChI=1S/C16H25NO2S/c1-12-7-8-16(13(2)9-12)17-15-6-4-5-14(10-15)11-20(3,18)19/h4-6,10,12-13,16-17H,7-9,11H2,1-3H3/t12-,13-,16+/m1/s1. The third-order valence-electron chi connectivity index (χ3n) is 4.14. The Morgan fingerprint density at radius 1 is 1.25 bits per heavy atom. The van der Waals surface area contributed by atoms with Crippen molar-refractivity contribution in [2.24, 2.45) is 11.8 Å². The van der Waals surface area contributed by atoms with Crippen molar-refractivity contribution in [1.82, 2.24) is 0 Å². The zero-order chi connectivity index (χ0) is 14.8. The fourth-order valence-electron chi connectivity index (χ4n) is 3.15. The lowest BCUT2D eigenvalue weighted by Gasteiger charge is -2.34. The first-order valence-corrected chi connectivity index (χ1v) is 9.43. The average molecular weight is 295 g/mol. The van der Waals surface area contributed by atoms with Gasteiger partial charge in [-0.05, 0) is 48.8 Å². The van der Waals surface area contributed by atoms with Gasteiger partial charge >= 0.3 is 0 Å². The minimum atomic E-state index is -2.97. The molecule has 1 aromatic rings. The van der Waals surface area contributed by atoms with E-state index >= 15 is 0 Å². The van der Waals surface area contributed by atoms with Gasteiger partial charge in [0.05, 0.1) is 5.75 Å². The molecule has 0 amide bonds. The van der Waals surface area contributed by atoms with Crippen molar-refractivity contribution in [2.75, 3.05) is 11.6 Å². The summed E-state index contributed by atoms with van der Waals surface area (Å²) in [6.45, 7) is 4.62. The summed E-state index contributed by atoms with van der Waals surface area (Å²) in [5.74, 6) is 1.59. The highest BCUT2D eigenvalue weighted by molar-refractivity contribution is 7.89. The van der Waals surface area contributed by atoms with Crippen molar-refractivity contribution < 1.29 is 8.42 Å². The molecule has 0 bridgehead atoms. The fourth-order valence-corrected chi connectivity index (χ4v) is 3.93. The molecule has 2 rings (SSSR count). The first kappa shape index (κ1) is 15.4. The van der Waals surface area contributed by atoms with Gasteiger partial charge < -0.3 is 5.32 Å². The molecule has 1 fully saturated rings. The monoisotopic (exact) mass is 295 g/mol. The normalized spacial score (nSPS) is 27.2. The van der Waals surface area contributed by atoms with E-state index in [1.165, 1.54) is 25.5 Å². The number of hydrogen-bond acceptors (Lipinski definition) is 3. The Balaban J connectivity index is 2.04. The summed E-state index contributed by atoms with van der Waals surface area (Å²) in [5.41, 5.74) is 1.90. The number of anilines is 1. The van der Waals surface area contributed by atoms with Crippen molar-refractivity contribution in [3.8, 4) is 0 Å². The Hall–Kier alpha value is -1.03. The maximum atomic E-state index is 11.4. The number of rotatable bonds is 4. The average Bonchev–Trinajstić information content (AvgIpc) is 2.31. The molecule has 4 heteroatoms. The molecule has 0 saturated heterocycles. The Morgan fingerprint density at radius 2 is 2.00 bits per heavy atom. The summed E-state index contributed by atoms with van der Waals surface area (Å²) < 4.78 is 22.7. The molecule has 0 heterocycles. The molecule has 1 saturated carbocycles. The second kappa shape index (κ2) is 6.17. The van der Waals surface area contributed by atoms with E-state index in [2.05, 4.69) is 19.2 Å². The van der Waals surface area contributed by atoms with Crippen LogP contribution in [0.4, 0.5) is 5.69 Å². The van der Waals surface area contributed by atoms with Crippen LogP contribution in [0.15, 0.2) is 24.3 Å². The van der Waals surface area contributed by atoms with Gasteiger partial charge in [-0.2, -0.15) is 0 Å². The third-order valence-corrected chi connectivity index (χ3v) is 5.00. The summed E-state index contributed by atoms with van der Waals surface area (Å²) in [4.78, 5) is 0. The Kier molecular flexibility index (Phi) is 4.74. The quantitative estimate of drug-likeness (QED) is 0.925. The molecule has 1 aliphatic rings. The van der Waals surface area contributed by atoms with Gasteiger partial charge in [0.15, 0.2) is 9.84 Å². The summed E-state index contributed by atoms with van der Waals surface area (Å²) in [6, 6.07) is 8.29. The maximum Gasteiger partial charge on any atom is 0.151 e. The second-order valence-electron chi connectivity index (χ2n) is 6.42. The van der Waals surface area contributed by atoms with E-state index in [4.69, 9.17) is 0 Å². The number of benzene rings is 1. The van der Waals surface area contributed by atoms with Crippen LogP contribution in [0.25, 0.3) is 0 Å². The van der Waals surface area contributed by atoms with Gasteiger partial charge in [0.25, 0.3) is 0 Å². The molecule has 1 N–H and O–H groups in total. The molecular weight excluding hydrogens is 270 g/mol. The first-order valence-electron chi connectivity index (χ1n) is 7.36. The molecule has 0 radical (unpaired) electrons. The summed E-state index contributed by atoms with van der Waals surface area (Å²) in [5, 5.41) is 3.58. The van der Waals surface area contributed by atoms with Crippen molar-refractivity contribution in [1.29, 1.82) is 0 Å². The van der Waals surface area contributed by atoms with Crippen molar-refractivity contribution >= 4 is 15.5 Å². The van der Waals surface area contributed by atoms with Crippen LogP contribution in [0.1, 0.15) is 38.7 Å². The largest absolute Gasteiger partial charge is 0.382 e. The van der Waals surface area contributed by atoms with Crippen molar-refractivity contribution in [3.63, 3.8) is 0 Å². The molecular formula is C16H25NO2S. The van der Waals surface area contributed by atoms with Crippen LogP contribution < -0.4 is 5.32 Å². The van der Waals surface area contributed by atoms with Gasteiger partial charge in [0.2, 0.25) is 0 Å². The van der Waals surface area contributed by atoms with Gasteiger partial charge in [-0.3, -0.25) is 0 Å². The van der Waals surface area contributed by atoms with Crippen LogP contribution >= 0.6 is 0 Å². The predicted molar refractivity (Wildman–Crippen MR) is 84.6 cm³/mol. The van der Waals surface area contributed by atoms with E-state index in [-0.39, 0.29) is 5.75 Å². The lowest BCUT2D eigenvalue weighted by Crippen LogP contribution is -2.33. The van der Waals surface area contributed by atoms with Crippen LogP contribution in [0.3, 0.4) is 0 Å². The number of nitrogens with one attached hydrogen (secondary N) is 1. The van der Waals surface area contributed by atoms with Crippen LogP contribution in [-0.2, 0) is 15.6 Å². The SMILES string of the molecule is C[C@@H]1CC[C@H](Nc2cccc(CS(C)(=O)=O)c2)[C@H](C)C1. The van der Waals surface area contributed by atoms with Crippen LogP contribution in [0.2, 0.25) is 0 Å². The van der Waals surface area contributed by atoms with Crippen LogP contribution in [-0.4, -0.2) is 20.7 Å². The molecule has 0 unspecified atom stereocenters. The summed E-state index contributed by atoms with van der Waals surface area (Å²) in [6.07, 6.45) is 5.00. The second-order valence-corrected chi connectivity index (χ2v) is 8.56. The molecule has 1 aliphatic carbocycles. The highest BCUT2D eigenvalue weighted by Crippen LogP contribution is 2.30. The van der Waals surface area contributed by atoms with Gasteiger partial charge in [-0.1, -0.05) is 26.0 Å². The Labute approximate surface area is 122 Å². The van der Waals surface area contributed by atoms with Crippen LogP contribution in [0, 0.1) is 11.8 Å². The molecule has 3 atom stereocenters. The predicted octanol–water partition coefficient (Wildman–Crippen LogP) is 3.47. The van der Waals surface area contributed by atoms with E-state index in [9.17, 15) is 8.42 Å². The van der Waals surface area contributed by atoms with Gasteiger partial charge in [0.1, 0.15) is 0 Å². The lowest BCUT2D eigenvalue weighted by atomic mass is 9.80. The molecule has 112 valence electrons. The van der Waals surface area contributed by atoms with E-state index < -0.39 is 9.84 Å². The highest BCUT2D eigenvalue weighted by atomic mass is 32.2. The fraction of sp³-hybridized carbons (Fsp3) is 0.625. The number of sulfone groups is 1. The maximum absolute atomic E-state index is 11.4. The molecule has 0 aromatic heterocycles. The summed E-state index contributed by atoms with van der Waals surface area (Å²) >= 11 is 0. The summed E-state index contributed by atoms with van der Waals surface area (Å²) in [7, 11) is -2.97. The van der Waals surface area contributed by atoms with E-state index in [1.54, 1.807) is 0 Å². The smallest absolute Gasteiger partial charge is 0.151 e. The third kappa shape index (κ3) is 4.51. The molecule has 3 nitrogen and oxygen atoms in total. The van der Waals surface area contributed by atoms with Gasteiger partial charge in [0, 0.05) is 18.0 Å². The van der Waals surface area contributed by atoms with E-state index in [0.717, 1.165) is 17.2 Å². The topological polar surface area (TPSA) is 46.2 Å². The van der Waals surface area contributed by atoms with E-state index in [1.807, 2.05) is 24.3 Å². The lowest BCUT2D eigenvalue weighted by molar-refractivity contribution is 0.276. The number of hydrogen-bond donors (Lipinski definition) is 1. The Morgan fingerprint density at radius 3 is 2.65 bits per heavy atom. The minimum absolute atomic E-state index is 0.111. The van der Waals surface area contributed by atoms with Gasteiger partial charge in [-0.15, -0.1) is 0 Å².